The van der Waals surface area contributed by atoms with E-state index in [1.54, 1.807) is 0 Å². The molecule has 1 fully saturated rings. The summed E-state index contributed by atoms with van der Waals surface area (Å²) in [5.74, 6) is 0. The largest absolute Gasteiger partial charge is 0.311 e. The molecule has 1 aromatic rings. The minimum absolute atomic E-state index is 0.299. The van der Waals surface area contributed by atoms with E-state index in [4.69, 9.17) is 0 Å². The van der Waals surface area contributed by atoms with Crippen molar-refractivity contribution in [1.82, 2.24) is 10.3 Å². The third kappa shape index (κ3) is 1.95. The molecule has 1 unspecified atom stereocenters. The molecule has 0 saturated carbocycles. The second kappa shape index (κ2) is 3.70. The molecule has 0 amide bonds. The minimum Gasteiger partial charge on any atom is -0.311 e. The Kier molecular flexibility index (Phi) is 2.55. The zero-order chi connectivity index (χ0) is 10.0. The Balaban J connectivity index is 2.14. The maximum absolute atomic E-state index is 4.19. The first-order valence-electron chi connectivity index (χ1n) is 5.34. The fraction of sp³-hybridized carbons (Fsp3) is 0.583. The Morgan fingerprint density at radius 2 is 2.43 bits per heavy atom. The first-order chi connectivity index (χ1) is 6.70. The second-order valence-electron chi connectivity index (χ2n) is 4.57. The Bertz CT molecular complexity index is 314. The molecule has 0 bridgehead atoms. The molecule has 2 rings (SSSR count). The van der Waals surface area contributed by atoms with Crippen LogP contribution in [0, 0.1) is 6.92 Å². The molecule has 0 aliphatic carbocycles. The highest BCUT2D eigenvalue weighted by Crippen LogP contribution is 2.24. The zero-order valence-electron chi connectivity index (χ0n) is 9.01. The van der Waals surface area contributed by atoms with Gasteiger partial charge >= 0.3 is 0 Å². The molecule has 2 heteroatoms. The smallest absolute Gasteiger partial charge is 0.0303 e. The minimum atomic E-state index is 0.299. The normalized spacial score (nSPS) is 26.7. The summed E-state index contributed by atoms with van der Waals surface area (Å²) < 4.78 is 0. The predicted molar refractivity (Wildman–Crippen MR) is 58.3 cm³/mol. The number of hydrogen-bond donors (Lipinski definition) is 1. The number of aromatic nitrogens is 1. The molecule has 1 saturated heterocycles. The van der Waals surface area contributed by atoms with Gasteiger partial charge in [0, 0.05) is 17.9 Å². The van der Waals surface area contributed by atoms with E-state index in [0.717, 1.165) is 13.0 Å². The molecule has 1 aromatic heterocycles. The van der Waals surface area contributed by atoms with Crippen LogP contribution in [0.25, 0.3) is 0 Å². The van der Waals surface area contributed by atoms with Crippen LogP contribution in [0.1, 0.15) is 30.9 Å². The summed E-state index contributed by atoms with van der Waals surface area (Å²) in [6, 6.07) is 2.09. The number of aryl methyl sites for hydroxylation is 1. The van der Waals surface area contributed by atoms with Gasteiger partial charge in [0.05, 0.1) is 0 Å². The van der Waals surface area contributed by atoms with Crippen molar-refractivity contribution in [3.8, 4) is 0 Å². The Morgan fingerprint density at radius 3 is 3.07 bits per heavy atom. The monoisotopic (exact) mass is 190 g/mol. The molecular formula is C12H18N2. The highest BCUT2D eigenvalue weighted by molar-refractivity contribution is 5.24. The van der Waals surface area contributed by atoms with Gasteiger partial charge in [0.2, 0.25) is 0 Å². The third-order valence-corrected chi connectivity index (χ3v) is 3.19. The SMILES string of the molecule is Cc1ccncc1CC1(C)CCCN1. The molecular weight excluding hydrogens is 172 g/mol. The van der Waals surface area contributed by atoms with Gasteiger partial charge in [0.15, 0.2) is 0 Å². The van der Waals surface area contributed by atoms with Crippen molar-refractivity contribution in [3.05, 3.63) is 29.6 Å². The first kappa shape index (κ1) is 9.66. The van der Waals surface area contributed by atoms with Crippen molar-refractivity contribution in [2.24, 2.45) is 0 Å². The Labute approximate surface area is 85.7 Å². The topological polar surface area (TPSA) is 24.9 Å². The number of pyridine rings is 1. The van der Waals surface area contributed by atoms with E-state index in [1.807, 2.05) is 12.4 Å². The fourth-order valence-electron chi connectivity index (χ4n) is 2.21. The number of rotatable bonds is 2. The summed E-state index contributed by atoms with van der Waals surface area (Å²) in [5, 5.41) is 3.58. The average Bonchev–Trinajstić information content (AvgIpc) is 2.57. The van der Waals surface area contributed by atoms with Gasteiger partial charge in [-0.25, -0.2) is 0 Å². The summed E-state index contributed by atoms with van der Waals surface area (Å²) in [6.07, 6.45) is 7.55. The van der Waals surface area contributed by atoms with Crippen molar-refractivity contribution in [3.63, 3.8) is 0 Å². The molecule has 1 aliphatic heterocycles. The molecule has 1 atom stereocenters. The summed E-state index contributed by atoms with van der Waals surface area (Å²) >= 11 is 0. The maximum Gasteiger partial charge on any atom is 0.0303 e. The highest BCUT2D eigenvalue weighted by Gasteiger charge is 2.28. The van der Waals surface area contributed by atoms with Gasteiger partial charge in [-0.05, 0) is 56.8 Å². The van der Waals surface area contributed by atoms with Crippen LogP contribution in [0.15, 0.2) is 18.5 Å². The number of nitrogens with zero attached hydrogens (tertiary/aromatic N) is 1. The highest BCUT2D eigenvalue weighted by atomic mass is 15.0. The van der Waals surface area contributed by atoms with Gasteiger partial charge in [-0.1, -0.05) is 0 Å². The van der Waals surface area contributed by atoms with E-state index in [-0.39, 0.29) is 0 Å². The lowest BCUT2D eigenvalue weighted by molar-refractivity contribution is 0.411. The van der Waals surface area contributed by atoms with Crippen LogP contribution < -0.4 is 5.32 Å². The lowest BCUT2D eigenvalue weighted by Crippen LogP contribution is -2.38. The van der Waals surface area contributed by atoms with Gasteiger partial charge < -0.3 is 5.32 Å². The average molecular weight is 190 g/mol. The van der Waals surface area contributed by atoms with Crippen LogP contribution in [0.3, 0.4) is 0 Å². The third-order valence-electron chi connectivity index (χ3n) is 3.19. The van der Waals surface area contributed by atoms with Crippen LogP contribution in [0.4, 0.5) is 0 Å². The quantitative estimate of drug-likeness (QED) is 0.772. The van der Waals surface area contributed by atoms with Crippen molar-refractivity contribution in [1.29, 1.82) is 0 Å². The molecule has 76 valence electrons. The van der Waals surface area contributed by atoms with Gasteiger partial charge in [-0.3, -0.25) is 4.98 Å². The van der Waals surface area contributed by atoms with E-state index < -0.39 is 0 Å². The van der Waals surface area contributed by atoms with E-state index >= 15 is 0 Å². The molecule has 0 spiro atoms. The van der Waals surface area contributed by atoms with Crippen molar-refractivity contribution in [2.45, 2.75) is 38.6 Å². The number of hydrogen-bond acceptors (Lipinski definition) is 2. The zero-order valence-corrected chi connectivity index (χ0v) is 9.01. The Morgan fingerprint density at radius 1 is 1.57 bits per heavy atom. The molecule has 0 radical (unpaired) electrons. The molecule has 0 aromatic carbocycles. The van der Waals surface area contributed by atoms with E-state index in [1.165, 1.54) is 24.0 Å². The lowest BCUT2D eigenvalue weighted by atomic mass is 9.90. The summed E-state index contributed by atoms with van der Waals surface area (Å²) in [4.78, 5) is 4.19. The van der Waals surface area contributed by atoms with Crippen LogP contribution in [0.5, 0.6) is 0 Å². The standard InChI is InChI=1S/C12H18N2/c1-10-4-7-13-9-11(10)8-12(2)5-3-6-14-12/h4,7,9,14H,3,5-6,8H2,1-2H3. The van der Waals surface area contributed by atoms with Gasteiger partial charge in [-0.15, -0.1) is 0 Å². The summed E-state index contributed by atoms with van der Waals surface area (Å²) in [7, 11) is 0. The maximum atomic E-state index is 4.19. The molecule has 14 heavy (non-hydrogen) atoms. The van der Waals surface area contributed by atoms with Gasteiger partial charge in [-0.2, -0.15) is 0 Å². The second-order valence-corrected chi connectivity index (χ2v) is 4.57. The summed E-state index contributed by atoms with van der Waals surface area (Å²) in [6.45, 7) is 5.64. The van der Waals surface area contributed by atoms with E-state index in [2.05, 4.69) is 30.2 Å². The molecule has 2 heterocycles. The van der Waals surface area contributed by atoms with Gasteiger partial charge in [0.25, 0.3) is 0 Å². The van der Waals surface area contributed by atoms with Crippen LogP contribution >= 0.6 is 0 Å². The van der Waals surface area contributed by atoms with E-state index in [9.17, 15) is 0 Å². The van der Waals surface area contributed by atoms with Gasteiger partial charge in [0.1, 0.15) is 0 Å². The fourth-order valence-corrected chi connectivity index (χ4v) is 2.21. The first-order valence-corrected chi connectivity index (χ1v) is 5.34. The van der Waals surface area contributed by atoms with Crippen LogP contribution in [-0.4, -0.2) is 17.1 Å². The number of nitrogens with one attached hydrogen (secondary N) is 1. The van der Waals surface area contributed by atoms with Crippen molar-refractivity contribution >= 4 is 0 Å². The molecule has 1 N–H and O–H groups in total. The van der Waals surface area contributed by atoms with Crippen LogP contribution in [0.2, 0.25) is 0 Å². The van der Waals surface area contributed by atoms with E-state index in [0.29, 0.717) is 5.54 Å². The van der Waals surface area contributed by atoms with Crippen molar-refractivity contribution < 1.29 is 0 Å². The van der Waals surface area contributed by atoms with Crippen LogP contribution in [-0.2, 0) is 6.42 Å². The lowest BCUT2D eigenvalue weighted by Gasteiger charge is -2.24. The van der Waals surface area contributed by atoms with Crippen molar-refractivity contribution in [2.75, 3.05) is 6.54 Å². The molecule has 1 aliphatic rings. The Hall–Kier alpha value is -0.890. The predicted octanol–water partition coefficient (Wildman–Crippen LogP) is 2.07. The molecule has 2 nitrogen and oxygen atoms in total. The summed E-state index contributed by atoms with van der Waals surface area (Å²) in [5.41, 5.74) is 3.03.